The second kappa shape index (κ2) is 2.19. The number of rotatable bonds is 0. The number of hydrogen-bond acceptors (Lipinski definition) is 3. The van der Waals surface area contributed by atoms with Crippen molar-refractivity contribution in [3.05, 3.63) is 17.5 Å². The summed E-state index contributed by atoms with van der Waals surface area (Å²) in [5.41, 5.74) is 0.789. The van der Waals surface area contributed by atoms with Crippen molar-refractivity contribution in [1.82, 2.24) is 5.16 Å². The van der Waals surface area contributed by atoms with E-state index in [2.05, 4.69) is 5.16 Å². The molecule has 3 nitrogen and oxygen atoms in total. The molecular weight excluding hydrogens is 154 g/mol. The topological polar surface area (TPSA) is 43.1 Å². The van der Waals surface area contributed by atoms with Gasteiger partial charge in [0.15, 0.2) is 0 Å². The van der Waals surface area contributed by atoms with E-state index in [1.54, 1.807) is 6.20 Å². The molecule has 12 heavy (non-hydrogen) atoms. The predicted molar refractivity (Wildman–Crippen MR) is 42.9 cm³/mol. The Bertz CT molecular complexity index is 325. The minimum atomic E-state index is -0.166. The number of carbonyl (C=O) groups is 1. The van der Waals surface area contributed by atoms with Crippen molar-refractivity contribution in [2.24, 2.45) is 0 Å². The number of fused-ring (bicyclic) bond motifs is 1. The minimum Gasteiger partial charge on any atom is -0.361 e. The summed E-state index contributed by atoms with van der Waals surface area (Å²) in [5, 5.41) is 3.71. The maximum absolute atomic E-state index is 11.3. The van der Waals surface area contributed by atoms with Crippen LogP contribution in [0.25, 0.3) is 0 Å². The van der Waals surface area contributed by atoms with Crippen molar-refractivity contribution >= 4 is 5.78 Å². The fraction of sp³-hybridized carbons (Fsp3) is 0.556. The summed E-state index contributed by atoms with van der Waals surface area (Å²) in [5.74, 6) is 1.15. The molecule has 0 saturated carbocycles. The molecule has 1 aliphatic carbocycles. The minimum absolute atomic E-state index is 0.166. The van der Waals surface area contributed by atoms with Crippen molar-refractivity contribution in [3.63, 3.8) is 0 Å². The monoisotopic (exact) mass is 165 g/mol. The third-order valence-electron chi connectivity index (χ3n) is 2.29. The summed E-state index contributed by atoms with van der Waals surface area (Å²) >= 11 is 0. The van der Waals surface area contributed by atoms with E-state index in [0.29, 0.717) is 12.8 Å². The lowest BCUT2D eigenvalue weighted by Crippen LogP contribution is -2.28. The van der Waals surface area contributed by atoms with Crippen LogP contribution in [0.4, 0.5) is 0 Å². The number of nitrogens with zero attached hydrogens (tertiary/aromatic N) is 1. The van der Waals surface area contributed by atoms with Crippen LogP contribution in [0.1, 0.15) is 31.6 Å². The van der Waals surface area contributed by atoms with Gasteiger partial charge in [-0.05, 0) is 0 Å². The molecule has 0 amide bonds. The van der Waals surface area contributed by atoms with Crippen LogP contribution in [-0.4, -0.2) is 10.9 Å². The van der Waals surface area contributed by atoms with E-state index in [4.69, 9.17) is 4.52 Å². The normalized spacial score (nSPS) is 20.7. The molecule has 0 atom stereocenters. The van der Waals surface area contributed by atoms with Gasteiger partial charge < -0.3 is 4.52 Å². The molecule has 1 heterocycles. The molecular formula is C9H11NO2. The van der Waals surface area contributed by atoms with Gasteiger partial charge in [0.25, 0.3) is 0 Å². The van der Waals surface area contributed by atoms with Gasteiger partial charge in [-0.2, -0.15) is 0 Å². The highest BCUT2D eigenvalue weighted by atomic mass is 16.5. The maximum atomic E-state index is 11.3. The highest BCUT2D eigenvalue weighted by Crippen LogP contribution is 2.34. The zero-order chi connectivity index (χ0) is 8.77. The second-order valence-corrected chi connectivity index (χ2v) is 3.96. The molecule has 0 aliphatic heterocycles. The van der Waals surface area contributed by atoms with Crippen LogP contribution in [0.5, 0.6) is 0 Å². The highest BCUT2D eigenvalue weighted by Gasteiger charge is 2.35. The van der Waals surface area contributed by atoms with Gasteiger partial charge in [0.05, 0.1) is 6.20 Å². The molecule has 0 aromatic carbocycles. The van der Waals surface area contributed by atoms with E-state index >= 15 is 0 Å². The quantitative estimate of drug-likeness (QED) is 0.584. The van der Waals surface area contributed by atoms with Crippen LogP contribution in [0.15, 0.2) is 10.7 Å². The first kappa shape index (κ1) is 7.53. The number of hydrogen-bond donors (Lipinski definition) is 0. The Balaban J connectivity index is 2.52. The summed E-state index contributed by atoms with van der Waals surface area (Å²) in [6.45, 7) is 4.02. The Labute approximate surface area is 70.7 Å². The van der Waals surface area contributed by atoms with Crippen molar-refractivity contribution in [2.45, 2.75) is 32.1 Å². The lowest BCUT2D eigenvalue weighted by molar-refractivity contribution is -0.120. The molecule has 0 bridgehead atoms. The molecule has 1 aliphatic rings. The molecule has 0 saturated heterocycles. The van der Waals surface area contributed by atoms with Crippen LogP contribution in [-0.2, 0) is 16.6 Å². The Morgan fingerprint density at radius 2 is 2.33 bits per heavy atom. The smallest absolute Gasteiger partial charge is 0.146 e. The zero-order valence-corrected chi connectivity index (χ0v) is 7.26. The Kier molecular flexibility index (Phi) is 1.37. The fourth-order valence-corrected chi connectivity index (χ4v) is 1.79. The highest BCUT2D eigenvalue weighted by molar-refractivity contribution is 5.84. The van der Waals surface area contributed by atoms with Gasteiger partial charge in [-0.3, -0.25) is 4.79 Å². The van der Waals surface area contributed by atoms with Gasteiger partial charge in [-0.25, -0.2) is 0 Å². The standard InChI is InChI=1S/C9H11NO2/c1-9(2)4-7(11)3-6-5-10-12-8(6)9/h5H,3-4H2,1-2H3. The van der Waals surface area contributed by atoms with Crippen LogP contribution in [0.2, 0.25) is 0 Å². The Hall–Kier alpha value is -1.12. The number of Topliss-reactive ketones (excluding diaryl/α,β-unsaturated/α-hetero) is 1. The van der Waals surface area contributed by atoms with Gasteiger partial charge in [-0.1, -0.05) is 19.0 Å². The summed E-state index contributed by atoms with van der Waals surface area (Å²) in [4.78, 5) is 11.3. The third-order valence-corrected chi connectivity index (χ3v) is 2.29. The molecule has 2 rings (SSSR count). The molecule has 0 unspecified atom stereocenters. The van der Waals surface area contributed by atoms with Crippen LogP contribution in [0.3, 0.4) is 0 Å². The van der Waals surface area contributed by atoms with Crippen molar-refractivity contribution in [3.8, 4) is 0 Å². The van der Waals surface area contributed by atoms with E-state index in [-0.39, 0.29) is 11.2 Å². The van der Waals surface area contributed by atoms with Gasteiger partial charge in [0.2, 0.25) is 0 Å². The summed E-state index contributed by atoms with van der Waals surface area (Å²) in [6.07, 6.45) is 2.70. The molecule has 0 radical (unpaired) electrons. The van der Waals surface area contributed by atoms with Gasteiger partial charge in [0, 0.05) is 23.8 Å². The number of ketones is 1. The SMILES string of the molecule is CC1(C)CC(=O)Cc2cnoc21. The third kappa shape index (κ3) is 0.967. The fourth-order valence-electron chi connectivity index (χ4n) is 1.79. The van der Waals surface area contributed by atoms with E-state index in [0.717, 1.165) is 11.3 Å². The van der Waals surface area contributed by atoms with E-state index in [9.17, 15) is 4.79 Å². The van der Waals surface area contributed by atoms with Gasteiger partial charge in [0.1, 0.15) is 11.5 Å². The Morgan fingerprint density at radius 3 is 3.08 bits per heavy atom. The number of carbonyl (C=O) groups excluding carboxylic acids is 1. The first-order chi connectivity index (χ1) is 5.59. The number of aromatic nitrogens is 1. The van der Waals surface area contributed by atoms with E-state index in [1.165, 1.54) is 0 Å². The van der Waals surface area contributed by atoms with Crippen molar-refractivity contribution in [2.75, 3.05) is 0 Å². The average Bonchev–Trinajstić information content (AvgIpc) is 2.32. The molecule has 0 N–H and O–H groups in total. The average molecular weight is 165 g/mol. The van der Waals surface area contributed by atoms with Crippen LogP contribution >= 0.6 is 0 Å². The van der Waals surface area contributed by atoms with Crippen molar-refractivity contribution < 1.29 is 9.32 Å². The van der Waals surface area contributed by atoms with Crippen LogP contribution < -0.4 is 0 Å². The maximum Gasteiger partial charge on any atom is 0.146 e. The van der Waals surface area contributed by atoms with Gasteiger partial charge in [-0.15, -0.1) is 0 Å². The predicted octanol–water partition coefficient (Wildman–Crippen LogP) is 1.47. The molecule has 0 spiro atoms. The van der Waals surface area contributed by atoms with E-state index in [1.807, 2.05) is 13.8 Å². The molecule has 1 aromatic heterocycles. The van der Waals surface area contributed by atoms with E-state index < -0.39 is 0 Å². The largest absolute Gasteiger partial charge is 0.361 e. The first-order valence-corrected chi connectivity index (χ1v) is 4.05. The molecule has 64 valence electrons. The second-order valence-electron chi connectivity index (χ2n) is 3.96. The summed E-state index contributed by atoms with van der Waals surface area (Å²) < 4.78 is 5.12. The Morgan fingerprint density at radius 1 is 1.58 bits per heavy atom. The molecule has 3 heteroatoms. The zero-order valence-electron chi connectivity index (χ0n) is 7.26. The first-order valence-electron chi connectivity index (χ1n) is 4.05. The lowest BCUT2D eigenvalue weighted by Gasteiger charge is -2.25. The summed E-state index contributed by atoms with van der Waals surface area (Å²) in [7, 11) is 0. The summed E-state index contributed by atoms with van der Waals surface area (Å²) in [6, 6.07) is 0. The van der Waals surface area contributed by atoms with Crippen molar-refractivity contribution in [1.29, 1.82) is 0 Å². The molecule has 1 aromatic rings. The van der Waals surface area contributed by atoms with Gasteiger partial charge >= 0.3 is 0 Å². The lowest BCUT2D eigenvalue weighted by atomic mass is 9.77. The van der Waals surface area contributed by atoms with Crippen LogP contribution in [0, 0.1) is 0 Å². The molecule has 0 fully saturated rings.